The monoisotopic (exact) mass is 373 g/mol. The van der Waals surface area contributed by atoms with Crippen molar-refractivity contribution in [2.24, 2.45) is 0 Å². The smallest absolute Gasteiger partial charge is 0.317 e. The first-order valence-corrected chi connectivity index (χ1v) is 8.65. The summed E-state index contributed by atoms with van der Waals surface area (Å²) < 4.78 is 4.82. The molecule has 2 rings (SSSR count). The van der Waals surface area contributed by atoms with Crippen LogP contribution < -0.4 is 10.2 Å². The molecule has 24 heavy (non-hydrogen) atoms. The van der Waals surface area contributed by atoms with Crippen LogP contribution in [-0.4, -0.2) is 56.2 Å². The summed E-state index contributed by atoms with van der Waals surface area (Å²) in [5.74, 6) is -0.303. The Bertz CT molecular complexity index is 590. The fraction of sp³-hybridized carbons (Fsp3) is 0.500. The molecule has 2 amide bonds. The molecule has 1 aromatic rings. The maximum atomic E-state index is 12.1. The summed E-state index contributed by atoms with van der Waals surface area (Å²) in [6.45, 7) is 5.02. The largest absolute Gasteiger partial charge is 0.466 e. The summed E-state index contributed by atoms with van der Waals surface area (Å²) in [5.41, 5.74) is 0.992. The standard InChI is InChI=1S/C16H21Cl2N3O3/c1-2-24-15(22)5-6-19-16(23)21-9-7-20(8-10-21)12-3-4-13(17)14(18)11-12/h3-4,11H,2,5-10H2,1H3,(H,19,23). The normalized spacial score (nSPS) is 14.5. The lowest BCUT2D eigenvalue weighted by atomic mass is 10.2. The molecule has 1 heterocycles. The van der Waals surface area contributed by atoms with Crippen molar-refractivity contribution in [1.29, 1.82) is 0 Å². The number of halogens is 2. The zero-order chi connectivity index (χ0) is 17.5. The van der Waals surface area contributed by atoms with Crippen LogP contribution in [0.5, 0.6) is 0 Å². The molecule has 0 spiro atoms. The molecule has 1 aliphatic heterocycles. The van der Waals surface area contributed by atoms with Gasteiger partial charge in [-0.1, -0.05) is 23.2 Å². The van der Waals surface area contributed by atoms with E-state index in [1.807, 2.05) is 12.1 Å². The van der Waals surface area contributed by atoms with E-state index in [0.717, 1.165) is 5.69 Å². The lowest BCUT2D eigenvalue weighted by molar-refractivity contribution is -0.142. The zero-order valence-electron chi connectivity index (χ0n) is 13.6. The van der Waals surface area contributed by atoms with Gasteiger partial charge in [0.15, 0.2) is 0 Å². The number of anilines is 1. The first-order chi connectivity index (χ1) is 11.5. The van der Waals surface area contributed by atoms with Crippen LogP contribution in [0.1, 0.15) is 13.3 Å². The van der Waals surface area contributed by atoms with E-state index in [1.54, 1.807) is 17.9 Å². The average molecular weight is 374 g/mol. The first-order valence-electron chi connectivity index (χ1n) is 7.89. The molecular weight excluding hydrogens is 353 g/mol. The first kappa shape index (κ1) is 18.7. The molecule has 0 unspecified atom stereocenters. The number of hydrogen-bond acceptors (Lipinski definition) is 4. The van der Waals surface area contributed by atoms with E-state index in [9.17, 15) is 9.59 Å². The van der Waals surface area contributed by atoms with Gasteiger partial charge in [-0.2, -0.15) is 0 Å². The SMILES string of the molecule is CCOC(=O)CCNC(=O)N1CCN(c2ccc(Cl)c(Cl)c2)CC1. The van der Waals surface area contributed by atoms with Crippen molar-refractivity contribution in [2.45, 2.75) is 13.3 Å². The van der Waals surface area contributed by atoms with Gasteiger partial charge in [-0.25, -0.2) is 4.79 Å². The molecule has 0 aromatic heterocycles. The van der Waals surface area contributed by atoms with E-state index in [2.05, 4.69) is 10.2 Å². The number of nitrogens with one attached hydrogen (secondary N) is 1. The Balaban J connectivity index is 1.76. The van der Waals surface area contributed by atoms with E-state index in [-0.39, 0.29) is 25.0 Å². The van der Waals surface area contributed by atoms with Gasteiger partial charge in [0.2, 0.25) is 0 Å². The minimum atomic E-state index is -0.303. The number of esters is 1. The van der Waals surface area contributed by atoms with E-state index < -0.39 is 0 Å². The lowest BCUT2D eigenvalue weighted by Gasteiger charge is -2.36. The third-order valence-electron chi connectivity index (χ3n) is 3.75. The molecule has 1 saturated heterocycles. The third-order valence-corrected chi connectivity index (χ3v) is 4.48. The van der Waals surface area contributed by atoms with Crippen LogP contribution in [0.4, 0.5) is 10.5 Å². The van der Waals surface area contributed by atoms with Crippen molar-refractivity contribution in [3.63, 3.8) is 0 Å². The molecule has 0 atom stereocenters. The number of piperazine rings is 1. The Kier molecular flexibility index (Phi) is 6.99. The number of ether oxygens (including phenoxy) is 1. The highest BCUT2D eigenvalue weighted by atomic mass is 35.5. The molecule has 0 saturated carbocycles. The maximum absolute atomic E-state index is 12.1. The number of carbonyl (C=O) groups is 2. The molecule has 1 fully saturated rings. The van der Waals surface area contributed by atoms with Crippen LogP contribution in [0.2, 0.25) is 10.0 Å². The molecule has 1 aliphatic rings. The van der Waals surface area contributed by atoms with Crippen molar-refractivity contribution in [3.05, 3.63) is 28.2 Å². The van der Waals surface area contributed by atoms with Gasteiger partial charge in [-0.15, -0.1) is 0 Å². The van der Waals surface area contributed by atoms with E-state index in [0.29, 0.717) is 42.8 Å². The second-order valence-corrected chi connectivity index (χ2v) is 6.17. The van der Waals surface area contributed by atoms with Gasteiger partial charge in [-0.3, -0.25) is 4.79 Å². The fourth-order valence-corrected chi connectivity index (χ4v) is 2.76. The highest BCUT2D eigenvalue weighted by molar-refractivity contribution is 6.42. The van der Waals surface area contributed by atoms with Crippen molar-refractivity contribution in [1.82, 2.24) is 10.2 Å². The molecule has 1 aromatic carbocycles. The maximum Gasteiger partial charge on any atom is 0.317 e. The van der Waals surface area contributed by atoms with Gasteiger partial charge >= 0.3 is 12.0 Å². The summed E-state index contributed by atoms with van der Waals surface area (Å²) in [7, 11) is 0. The van der Waals surface area contributed by atoms with Crippen LogP contribution in [0.3, 0.4) is 0 Å². The Morgan fingerprint density at radius 1 is 1.17 bits per heavy atom. The molecule has 1 N–H and O–H groups in total. The average Bonchev–Trinajstić information content (AvgIpc) is 2.57. The van der Waals surface area contributed by atoms with Crippen molar-refractivity contribution in [3.8, 4) is 0 Å². The van der Waals surface area contributed by atoms with Crippen molar-refractivity contribution in [2.75, 3.05) is 44.2 Å². The summed E-state index contributed by atoms with van der Waals surface area (Å²) in [5, 5.41) is 3.79. The van der Waals surface area contributed by atoms with Gasteiger partial charge in [0.05, 0.1) is 23.1 Å². The van der Waals surface area contributed by atoms with Crippen LogP contribution in [-0.2, 0) is 9.53 Å². The number of benzene rings is 1. The second kappa shape index (κ2) is 8.99. The third kappa shape index (κ3) is 5.18. The van der Waals surface area contributed by atoms with Crippen LogP contribution >= 0.6 is 23.2 Å². The van der Waals surface area contributed by atoms with Gasteiger partial charge in [0, 0.05) is 38.4 Å². The molecule has 0 bridgehead atoms. The summed E-state index contributed by atoms with van der Waals surface area (Å²) >= 11 is 12.0. The predicted molar refractivity (Wildman–Crippen MR) is 94.9 cm³/mol. The Morgan fingerprint density at radius 2 is 1.88 bits per heavy atom. The molecule has 0 radical (unpaired) electrons. The summed E-state index contributed by atoms with van der Waals surface area (Å²) in [4.78, 5) is 27.2. The van der Waals surface area contributed by atoms with E-state index in [4.69, 9.17) is 27.9 Å². The highest BCUT2D eigenvalue weighted by Crippen LogP contribution is 2.27. The number of carbonyl (C=O) groups excluding carboxylic acids is 2. The van der Waals surface area contributed by atoms with E-state index in [1.165, 1.54) is 0 Å². The number of urea groups is 1. The molecule has 0 aliphatic carbocycles. The predicted octanol–water partition coefficient (Wildman–Crippen LogP) is 2.78. The molecule has 132 valence electrons. The highest BCUT2D eigenvalue weighted by Gasteiger charge is 2.21. The van der Waals surface area contributed by atoms with Gasteiger partial charge in [0.25, 0.3) is 0 Å². The van der Waals surface area contributed by atoms with Gasteiger partial charge in [-0.05, 0) is 25.1 Å². The molecule has 6 nitrogen and oxygen atoms in total. The minimum Gasteiger partial charge on any atom is -0.466 e. The summed E-state index contributed by atoms with van der Waals surface area (Å²) in [6.07, 6.45) is 0.183. The van der Waals surface area contributed by atoms with Crippen molar-refractivity contribution >= 4 is 40.9 Å². The topological polar surface area (TPSA) is 61.9 Å². The minimum absolute atomic E-state index is 0.159. The lowest BCUT2D eigenvalue weighted by Crippen LogP contribution is -2.52. The number of rotatable bonds is 5. The second-order valence-electron chi connectivity index (χ2n) is 5.36. The Morgan fingerprint density at radius 3 is 2.50 bits per heavy atom. The van der Waals surface area contributed by atoms with E-state index >= 15 is 0 Å². The quantitative estimate of drug-likeness (QED) is 0.806. The van der Waals surface area contributed by atoms with Gasteiger partial charge in [0.1, 0.15) is 0 Å². The number of nitrogens with zero attached hydrogens (tertiary/aromatic N) is 2. The molecular formula is C16H21Cl2N3O3. The number of amides is 2. The molecule has 8 heteroatoms. The Hall–Kier alpha value is -1.66. The van der Waals surface area contributed by atoms with Crippen LogP contribution in [0.25, 0.3) is 0 Å². The van der Waals surface area contributed by atoms with Crippen LogP contribution in [0, 0.1) is 0 Å². The zero-order valence-corrected chi connectivity index (χ0v) is 15.1. The van der Waals surface area contributed by atoms with Crippen molar-refractivity contribution < 1.29 is 14.3 Å². The number of hydrogen-bond donors (Lipinski definition) is 1. The fourth-order valence-electron chi connectivity index (χ4n) is 2.47. The Labute approximate surface area is 151 Å². The summed E-state index contributed by atoms with van der Waals surface area (Å²) in [6, 6.07) is 5.36. The van der Waals surface area contributed by atoms with Gasteiger partial charge < -0.3 is 19.9 Å². The van der Waals surface area contributed by atoms with Crippen LogP contribution in [0.15, 0.2) is 18.2 Å².